The predicted molar refractivity (Wildman–Crippen MR) is 177 cm³/mol. The van der Waals surface area contributed by atoms with Gasteiger partial charge in [0, 0.05) is 21.8 Å². The highest BCUT2D eigenvalue weighted by atomic mass is 32.2. The summed E-state index contributed by atoms with van der Waals surface area (Å²) in [6.45, 7) is 4.30. The van der Waals surface area contributed by atoms with Crippen molar-refractivity contribution in [3.8, 4) is 5.75 Å². The van der Waals surface area contributed by atoms with Crippen LogP contribution < -0.4 is 20.7 Å². The molecule has 0 spiro atoms. The second-order valence-electron chi connectivity index (χ2n) is 9.75. The molecule has 0 radical (unpaired) electrons. The fraction of sp³-hybridized carbons (Fsp3) is 0.143. The molecule has 1 unspecified atom stereocenters. The van der Waals surface area contributed by atoms with Crippen LogP contribution in [0.1, 0.15) is 46.5 Å². The summed E-state index contributed by atoms with van der Waals surface area (Å²) >= 11 is 1.32. The molecule has 45 heavy (non-hydrogen) atoms. The van der Waals surface area contributed by atoms with Crippen LogP contribution in [0.2, 0.25) is 0 Å². The monoisotopic (exact) mass is 623 g/mol. The molecule has 230 valence electrons. The number of nitrogens with one attached hydrogen (secondary N) is 3. The Morgan fingerprint density at radius 2 is 1.47 bits per heavy atom. The van der Waals surface area contributed by atoms with Crippen LogP contribution in [0, 0.1) is 0 Å². The van der Waals surface area contributed by atoms with Crippen LogP contribution in [0.15, 0.2) is 114 Å². The third-order valence-corrected chi connectivity index (χ3v) is 7.80. The second kappa shape index (κ2) is 15.9. The van der Waals surface area contributed by atoms with Crippen molar-refractivity contribution in [3.63, 3.8) is 0 Å². The molecule has 4 aromatic rings. The number of aromatic carboxylic acids is 1. The first-order valence-electron chi connectivity index (χ1n) is 14.3. The van der Waals surface area contributed by atoms with Gasteiger partial charge in [-0.2, -0.15) is 0 Å². The lowest BCUT2D eigenvalue weighted by atomic mass is 10.1. The van der Waals surface area contributed by atoms with Gasteiger partial charge < -0.3 is 25.8 Å². The van der Waals surface area contributed by atoms with Gasteiger partial charge in [-0.3, -0.25) is 14.4 Å². The van der Waals surface area contributed by atoms with Crippen molar-refractivity contribution in [2.24, 2.45) is 0 Å². The summed E-state index contributed by atoms with van der Waals surface area (Å²) in [4.78, 5) is 51.5. The molecular weight excluding hydrogens is 590 g/mol. The Labute approximate surface area is 265 Å². The largest absolute Gasteiger partial charge is 0.494 e. The molecule has 0 aromatic heterocycles. The number of thioether (sulfide) groups is 1. The maximum atomic E-state index is 13.5. The maximum absolute atomic E-state index is 13.5. The number of hydrogen-bond donors (Lipinski definition) is 4. The van der Waals surface area contributed by atoms with Crippen molar-refractivity contribution >= 4 is 52.9 Å². The van der Waals surface area contributed by atoms with E-state index in [4.69, 9.17) is 4.74 Å². The van der Waals surface area contributed by atoms with Gasteiger partial charge in [-0.15, -0.1) is 11.8 Å². The van der Waals surface area contributed by atoms with Crippen LogP contribution in [0.4, 0.5) is 11.4 Å². The molecule has 0 saturated carbocycles. The highest BCUT2D eigenvalue weighted by molar-refractivity contribution is 8.00. The van der Waals surface area contributed by atoms with Gasteiger partial charge in [-0.05, 0) is 85.6 Å². The zero-order valence-corrected chi connectivity index (χ0v) is 25.6. The van der Waals surface area contributed by atoms with Crippen LogP contribution in [-0.4, -0.2) is 40.7 Å². The number of benzene rings is 4. The van der Waals surface area contributed by atoms with E-state index >= 15 is 0 Å². The number of ether oxygens (including phenoxy) is 1. The van der Waals surface area contributed by atoms with Crippen molar-refractivity contribution in [1.82, 2.24) is 5.32 Å². The van der Waals surface area contributed by atoms with Gasteiger partial charge in [0.25, 0.3) is 11.8 Å². The first-order valence-corrected chi connectivity index (χ1v) is 15.2. The molecule has 0 aliphatic heterocycles. The first kappa shape index (κ1) is 32.6. The van der Waals surface area contributed by atoms with Gasteiger partial charge in [0.1, 0.15) is 11.4 Å². The van der Waals surface area contributed by atoms with E-state index in [2.05, 4.69) is 16.0 Å². The Hall–Kier alpha value is -5.35. The third kappa shape index (κ3) is 9.57. The summed E-state index contributed by atoms with van der Waals surface area (Å²) in [7, 11) is 0. The number of carboxylic acids is 1. The minimum atomic E-state index is -1.08. The summed E-state index contributed by atoms with van der Waals surface area (Å²) in [6, 6.07) is 28.9. The smallest absolute Gasteiger partial charge is 0.335 e. The summed E-state index contributed by atoms with van der Waals surface area (Å²) < 4.78 is 5.50. The number of amides is 3. The zero-order chi connectivity index (χ0) is 32.2. The van der Waals surface area contributed by atoms with Gasteiger partial charge in [0.15, 0.2) is 0 Å². The molecule has 10 heteroatoms. The molecule has 0 fully saturated rings. The van der Waals surface area contributed by atoms with Crippen molar-refractivity contribution in [2.45, 2.75) is 30.4 Å². The summed E-state index contributed by atoms with van der Waals surface area (Å²) in [6.07, 6.45) is 2.09. The van der Waals surface area contributed by atoms with Gasteiger partial charge >= 0.3 is 5.97 Å². The van der Waals surface area contributed by atoms with Crippen LogP contribution >= 0.6 is 11.8 Å². The van der Waals surface area contributed by atoms with Crippen molar-refractivity contribution in [2.75, 3.05) is 17.2 Å². The molecule has 0 heterocycles. The minimum absolute atomic E-state index is 0.0421. The van der Waals surface area contributed by atoms with E-state index in [1.54, 1.807) is 91.0 Å². The first-order chi connectivity index (χ1) is 21.7. The highest BCUT2D eigenvalue weighted by Gasteiger charge is 2.20. The lowest BCUT2D eigenvalue weighted by molar-refractivity contribution is -0.116. The number of carbonyl (C=O) groups excluding carboxylic acids is 3. The van der Waals surface area contributed by atoms with Crippen LogP contribution in [0.25, 0.3) is 6.08 Å². The van der Waals surface area contributed by atoms with E-state index in [-0.39, 0.29) is 17.2 Å². The van der Waals surface area contributed by atoms with Crippen molar-refractivity contribution < 1.29 is 29.0 Å². The fourth-order valence-electron chi connectivity index (χ4n) is 4.22. The molecular formula is C35H33N3O6S. The molecule has 3 amide bonds. The highest BCUT2D eigenvalue weighted by Crippen LogP contribution is 2.29. The summed E-state index contributed by atoms with van der Waals surface area (Å²) in [5.74, 6) is -1.63. The van der Waals surface area contributed by atoms with Crippen LogP contribution in [-0.2, 0) is 9.59 Å². The van der Waals surface area contributed by atoms with Crippen molar-refractivity contribution in [1.29, 1.82) is 0 Å². The van der Waals surface area contributed by atoms with E-state index in [0.29, 0.717) is 41.3 Å². The average molecular weight is 624 g/mol. The Morgan fingerprint density at radius 1 is 0.800 bits per heavy atom. The molecule has 0 aliphatic carbocycles. The van der Waals surface area contributed by atoms with E-state index in [1.807, 2.05) is 19.9 Å². The standard InChI is InChI=1S/C35H33N3O6S/c1-3-31(34(41)37-26-13-8-12-25(21-26)35(42)43)45-29-15-9-14-27(22-29)36-33(40)30(38-32(39)24-10-6-5-7-11-24)20-23-16-18-28(19-17-23)44-4-2/h5-22,31H,3-4H2,1-2H3,(H,36,40)(H,37,41)(H,38,39)(H,42,43)/b30-20+. The topological polar surface area (TPSA) is 134 Å². The third-order valence-electron chi connectivity index (χ3n) is 6.44. The van der Waals surface area contributed by atoms with E-state index < -0.39 is 23.0 Å². The van der Waals surface area contributed by atoms with Crippen molar-refractivity contribution in [3.05, 3.63) is 126 Å². The Morgan fingerprint density at radius 3 is 2.13 bits per heavy atom. The molecule has 4 rings (SSSR count). The summed E-state index contributed by atoms with van der Waals surface area (Å²) in [5, 5.41) is 17.1. The molecule has 4 N–H and O–H groups in total. The Bertz CT molecular complexity index is 1690. The summed E-state index contributed by atoms with van der Waals surface area (Å²) in [5.41, 5.74) is 2.07. The van der Waals surface area contributed by atoms with Crippen LogP contribution in [0.3, 0.4) is 0 Å². The maximum Gasteiger partial charge on any atom is 0.335 e. The normalized spacial score (nSPS) is 11.6. The van der Waals surface area contributed by atoms with E-state index in [1.165, 1.54) is 23.9 Å². The quantitative estimate of drug-likeness (QED) is 0.0962. The number of carbonyl (C=O) groups is 4. The average Bonchev–Trinajstić information content (AvgIpc) is 3.05. The second-order valence-corrected chi connectivity index (χ2v) is 11.0. The van der Waals surface area contributed by atoms with E-state index in [9.17, 15) is 24.3 Å². The van der Waals surface area contributed by atoms with Gasteiger partial charge in [-0.25, -0.2) is 4.79 Å². The van der Waals surface area contributed by atoms with Gasteiger partial charge in [-0.1, -0.05) is 49.4 Å². The number of hydrogen-bond acceptors (Lipinski definition) is 6. The Balaban J connectivity index is 1.50. The van der Waals surface area contributed by atoms with Gasteiger partial charge in [0.05, 0.1) is 17.4 Å². The number of carboxylic acid groups (broad SMARTS) is 1. The molecule has 0 aliphatic rings. The predicted octanol–water partition coefficient (Wildman–Crippen LogP) is 6.70. The molecule has 1 atom stereocenters. The SMILES string of the molecule is CCOc1ccc(/C=C(/NC(=O)c2ccccc2)C(=O)Nc2cccc(SC(CC)C(=O)Nc3cccc(C(=O)O)c3)c2)cc1. The fourth-order valence-corrected chi connectivity index (χ4v) is 5.23. The molecule has 0 bridgehead atoms. The van der Waals surface area contributed by atoms with Gasteiger partial charge in [0.2, 0.25) is 5.91 Å². The van der Waals surface area contributed by atoms with Crippen LogP contribution in [0.5, 0.6) is 5.75 Å². The minimum Gasteiger partial charge on any atom is -0.494 e. The van der Waals surface area contributed by atoms with E-state index in [0.717, 1.165) is 4.90 Å². The molecule has 9 nitrogen and oxygen atoms in total. The molecule has 4 aromatic carbocycles. The number of anilines is 2. The molecule has 0 saturated heterocycles. The lowest BCUT2D eigenvalue weighted by Crippen LogP contribution is -2.30. The number of rotatable bonds is 13. The Kier molecular flexibility index (Phi) is 11.5. The zero-order valence-electron chi connectivity index (χ0n) is 24.8. The lowest BCUT2D eigenvalue weighted by Gasteiger charge is -2.16.